The third-order valence-corrected chi connectivity index (χ3v) is 3.45. The van der Waals surface area contributed by atoms with Crippen LogP contribution in [0.1, 0.15) is 18.3 Å². The first-order valence-corrected chi connectivity index (χ1v) is 7.22. The van der Waals surface area contributed by atoms with Crippen molar-refractivity contribution >= 4 is 11.9 Å². The van der Waals surface area contributed by atoms with E-state index < -0.39 is 12.1 Å². The fourth-order valence-electron chi connectivity index (χ4n) is 2.24. The maximum absolute atomic E-state index is 12.1. The zero-order valence-electron chi connectivity index (χ0n) is 12.7. The normalized spacial score (nSPS) is 18.1. The molecule has 1 unspecified atom stereocenters. The van der Waals surface area contributed by atoms with Crippen LogP contribution in [-0.2, 0) is 20.7 Å². The topological polar surface area (TPSA) is 89.0 Å². The van der Waals surface area contributed by atoms with Crippen LogP contribution in [0.3, 0.4) is 0 Å². The third kappa shape index (κ3) is 3.94. The van der Waals surface area contributed by atoms with E-state index >= 15 is 0 Å². The zero-order chi connectivity index (χ0) is 16.1. The van der Waals surface area contributed by atoms with E-state index in [0.717, 1.165) is 11.4 Å². The van der Waals surface area contributed by atoms with Gasteiger partial charge in [-0.05, 0) is 25.5 Å². The number of rotatable bonds is 5. The Balaban J connectivity index is 1.94. The van der Waals surface area contributed by atoms with Gasteiger partial charge in [0.25, 0.3) is 5.91 Å². The molecule has 120 valence electrons. The summed E-state index contributed by atoms with van der Waals surface area (Å²) in [4.78, 5) is 28.9. The van der Waals surface area contributed by atoms with Crippen LogP contribution in [0, 0.1) is 6.92 Å². The molecule has 0 saturated carbocycles. The van der Waals surface area contributed by atoms with Gasteiger partial charge in [-0.1, -0.05) is 6.92 Å². The van der Waals surface area contributed by atoms with Crippen molar-refractivity contribution in [1.29, 1.82) is 0 Å². The van der Waals surface area contributed by atoms with Gasteiger partial charge >= 0.3 is 5.97 Å². The molecule has 2 rings (SSSR count). The Morgan fingerprint density at radius 1 is 1.50 bits per heavy atom. The van der Waals surface area contributed by atoms with Gasteiger partial charge in [-0.15, -0.1) is 0 Å². The molecule has 1 aliphatic rings. The van der Waals surface area contributed by atoms with Crippen LogP contribution in [0.5, 0.6) is 5.75 Å². The summed E-state index contributed by atoms with van der Waals surface area (Å²) >= 11 is 0. The Morgan fingerprint density at radius 2 is 2.27 bits per heavy atom. The lowest BCUT2D eigenvalue weighted by Crippen LogP contribution is -2.49. The number of carboxylic acids is 1. The van der Waals surface area contributed by atoms with Crippen LogP contribution in [0.2, 0.25) is 0 Å². The van der Waals surface area contributed by atoms with Gasteiger partial charge < -0.3 is 19.5 Å². The number of ether oxygens (including phenoxy) is 2. The number of amides is 1. The average molecular weight is 308 g/mol. The summed E-state index contributed by atoms with van der Waals surface area (Å²) in [5.74, 6) is -0.726. The van der Waals surface area contributed by atoms with Crippen molar-refractivity contribution in [2.24, 2.45) is 0 Å². The molecule has 7 nitrogen and oxygen atoms in total. The Labute approximate surface area is 128 Å². The Bertz CT molecular complexity index is 561. The molecule has 0 spiro atoms. The molecule has 1 N–H and O–H groups in total. The molecule has 2 heterocycles. The molecule has 1 aromatic rings. The minimum atomic E-state index is -1.06. The van der Waals surface area contributed by atoms with E-state index in [1.165, 1.54) is 4.90 Å². The number of carboxylic acid groups (broad SMARTS) is 1. The highest BCUT2D eigenvalue weighted by molar-refractivity contribution is 5.79. The Hall–Kier alpha value is -2.15. The average Bonchev–Trinajstić information content (AvgIpc) is 2.53. The first-order valence-electron chi connectivity index (χ1n) is 7.22. The maximum Gasteiger partial charge on any atom is 0.334 e. The van der Waals surface area contributed by atoms with Crippen LogP contribution in [0.15, 0.2) is 12.1 Å². The second-order valence-electron chi connectivity index (χ2n) is 5.08. The van der Waals surface area contributed by atoms with Crippen LogP contribution >= 0.6 is 0 Å². The number of aliphatic carboxylic acids is 1. The molecule has 0 bridgehead atoms. The zero-order valence-corrected chi connectivity index (χ0v) is 12.7. The smallest absolute Gasteiger partial charge is 0.334 e. The second-order valence-corrected chi connectivity index (χ2v) is 5.08. The molecule has 0 aromatic carbocycles. The first kappa shape index (κ1) is 16.2. The van der Waals surface area contributed by atoms with Gasteiger partial charge in [0.15, 0.2) is 12.7 Å². The van der Waals surface area contributed by atoms with Crippen molar-refractivity contribution in [3.63, 3.8) is 0 Å². The van der Waals surface area contributed by atoms with E-state index in [-0.39, 0.29) is 25.7 Å². The van der Waals surface area contributed by atoms with Crippen molar-refractivity contribution in [2.45, 2.75) is 26.4 Å². The lowest BCUT2D eigenvalue weighted by atomic mass is 10.2. The SMILES string of the molecule is CCc1nc(C)ccc1OCC(=O)N1CCOC(C(=O)O)C1. The van der Waals surface area contributed by atoms with Crippen molar-refractivity contribution in [2.75, 3.05) is 26.3 Å². The number of hydrogen-bond donors (Lipinski definition) is 1. The fourth-order valence-corrected chi connectivity index (χ4v) is 2.24. The van der Waals surface area contributed by atoms with Crippen molar-refractivity contribution in [3.05, 3.63) is 23.5 Å². The second kappa shape index (κ2) is 7.22. The predicted octanol–water partition coefficient (Wildman–Crippen LogP) is 0.643. The lowest BCUT2D eigenvalue weighted by molar-refractivity contribution is -0.159. The van der Waals surface area contributed by atoms with Gasteiger partial charge in [0.1, 0.15) is 5.75 Å². The molecule has 0 aliphatic carbocycles. The summed E-state index contributed by atoms with van der Waals surface area (Å²) in [6.45, 7) is 4.37. The van der Waals surface area contributed by atoms with Gasteiger partial charge in [-0.2, -0.15) is 0 Å². The number of carbonyl (C=O) groups is 2. The summed E-state index contributed by atoms with van der Waals surface area (Å²) in [5, 5.41) is 8.94. The summed E-state index contributed by atoms with van der Waals surface area (Å²) in [6.07, 6.45) is -0.255. The van der Waals surface area contributed by atoms with Gasteiger partial charge in [0, 0.05) is 12.2 Å². The number of pyridine rings is 1. The number of hydrogen-bond acceptors (Lipinski definition) is 5. The molecule has 1 fully saturated rings. The largest absolute Gasteiger partial charge is 0.482 e. The highest BCUT2D eigenvalue weighted by Crippen LogP contribution is 2.17. The lowest BCUT2D eigenvalue weighted by Gasteiger charge is -2.30. The van der Waals surface area contributed by atoms with Gasteiger partial charge in [0.2, 0.25) is 0 Å². The fraction of sp³-hybridized carbons (Fsp3) is 0.533. The van der Waals surface area contributed by atoms with Gasteiger partial charge in [-0.25, -0.2) is 4.79 Å². The van der Waals surface area contributed by atoms with Crippen LogP contribution < -0.4 is 4.74 Å². The highest BCUT2D eigenvalue weighted by atomic mass is 16.5. The standard InChI is InChI=1S/C15H20N2O5/c1-3-11-12(5-4-10(2)16-11)22-9-14(18)17-6-7-21-13(8-17)15(19)20/h4-5,13H,3,6-9H2,1-2H3,(H,19,20). The van der Waals surface area contributed by atoms with Gasteiger partial charge in [-0.3, -0.25) is 9.78 Å². The number of aromatic nitrogens is 1. The maximum atomic E-state index is 12.1. The molecule has 1 amide bonds. The van der Waals surface area contributed by atoms with Crippen LogP contribution in [-0.4, -0.2) is 59.3 Å². The number of nitrogens with zero attached hydrogens (tertiary/aromatic N) is 2. The molecule has 0 radical (unpaired) electrons. The van der Waals surface area contributed by atoms with Gasteiger partial charge in [0.05, 0.1) is 18.8 Å². The van der Waals surface area contributed by atoms with Crippen LogP contribution in [0.4, 0.5) is 0 Å². The summed E-state index contributed by atoms with van der Waals surface area (Å²) in [5.41, 5.74) is 1.70. The molecule has 7 heteroatoms. The van der Waals surface area contributed by atoms with Crippen molar-refractivity contribution < 1.29 is 24.2 Å². The quantitative estimate of drug-likeness (QED) is 0.859. The van der Waals surface area contributed by atoms with Crippen molar-refractivity contribution in [1.82, 2.24) is 9.88 Å². The molecule has 22 heavy (non-hydrogen) atoms. The van der Waals surface area contributed by atoms with Crippen molar-refractivity contribution in [3.8, 4) is 5.75 Å². The van der Waals surface area contributed by atoms with Crippen LogP contribution in [0.25, 0.3) is 0 Å². The Kier molecular flexibility index (Phi) is 5.32. The predicted molar refractivity (Wildman–Crippen MR) is 77.8 cm³/mol. The third-order valence-electron chi connectivity index (χ3n) is 3.45. The molecule has 1 aromatic heterocycles. The van der Waals surface area contributed by atoms with E-state index in [0.29, 0.717) is 18.7 Å². The van der Waals surface area contributed by atoms with E-state index in [1.54, 1.807) is 6.07 Å². The summed E-state index contributed by atoms with van der Waals surface area (Å²) in [7, 11) is 0. The highest BCUT2D eigenvalue weighted by Gasteiger charge is 2.29. The van der Waals surface area contributed by atoms with E-state index in [4.69, 9.17) is 14.6 Å². The summed E-state index contributed by atoms with van der Waals surface area (Å²) in [6, 6.07) is 3.63. The molecule has 1 saturated heterocycles. The first-order chi connectivity index (χ1) is 10.5. The minimum Gasteiger partial charge on any atom is -0.482 e. The van der Waals surface area contributed by atoms with E-state index in [2.05, 4.69) is 4.98 Å². The number of morpholine rings is 1. The number of carbonyl (C=O) groups excluding carboxylic acids is 1. The molecular formula is C15H20N2O5. The minimum absolute atomic E-state index is 0.0459. The Morgan fingerprint density at radius 3 is 2.95 bits per heavy atom. The molecule has 1 atom stereocenters. The number of aryl methyl sites for hydroxylation is 2. The molecule has 1 aliphatic heterocycles. The monoisotopic (exact) mass is 308 g/mol. The molecular weight excluding hydrogens is 288 g/mol. The summed E-state index contributed by atoms with van der Waals surface area (Å²) < 4.78 is 10.6. The van der Waals surface area contributed by atoms with E-state index in [9.17, 15) is 9.59 Å². The van der Waals surface area contributed by atoms with E-state index in [1.807, 2.05) is 19.9 Å².